The van der Waals surface area contributed by atoms with Crippen LogP contribution in [-0.2, 0) is 4.74 Å². The molecule has 4 nitrogen and oxygen atoms in total. The van der Waals surface area contributed by atoms with Gasteiger partial charge in [-0.05, 0) is 18.1 Å². The maximum atomic E-state index is 10.7. The van der Waals surface area contributed by atoms with Crippen LogP contribution >= 0.6 is 0 Å². The summed E-state index contributed by atoms with van der Waals surface area (Å²) in [7, 11) is 1.52. The molecule has 0 aliphatic heterocycles. The molecule has 0 aliphatic rings. The SMILES string of the molecule is COCC#Cc1ncccc1C(=O)O. The van der Waals surface area contributed by atoms with Gasteiger partial charge in [0.05, 0.1) is 5.56 Å². The largest absolute Gasteiger partial charge is 0.478 e. The van der Waals surface area contributed by atoms with E-state index >= 15 is 0 Å². The minimum atomic E-state index is -1.03. The summed E-state index contributed by atoms with van der Waals surface area (Å²) in [5, 5.41) is 8.78. The van der Waals surface area contributed by atoms with E-state index in [9.17, 15) is 4.79 Å². The number of ether oxygens (including phenoxy) is 1. The lowest BCUT2D eigenvalue weighted by Gasteiger charge is -1.95. The van der Waals surface area contributed by atoms with Crippen LogP contribution in [0.3, 0.4) is 0 Å². The van der Waals surface area contributed by atoms with Gasteiger partial charge in [-0.25, -0.2) is 9.78 Å². The summed E-state index contributed by atoms with van der Waals surface area (Å²) in [5.74, 6) is 4.25. The van der Waals surface area contributed by atoms with Gasteiger partial charge in [0, 0.05) is 13.3 Å². The molecule has 0 spiro atoms. The molecule has 0 atom stereocenters. The second kappa shape index (κ2) is 5.00. The quantitative estimate of drug-likeness (QED) is 0.702. The van der Waals surface area contributed by atoms with Gasteiger partial charge in [0.2, 0.25) is 0 Å². The topological polar surface area (TPSA) is 59.4 Å². The van der Waals surface area contributed by atoms with Crippen molar-refractivity contribution in [1.29, 1.82) is 0 Å². The Morgan fingerprint density at radius 2 is 2.50 bits per heavy atom. The van der Waals surface area contributed by atoms with Crippen molar-refractivity contribution in [1.82, 2.24) is 4.98 Å². The number of carbonyl (C=O) groups is 1. The van der Waals surface area contributed by atoms with Crippen LogP contribution in [-0.4, -0.2) is 29.8 Å². The van der Waals surface area contributed by atoms with Crippen molar-refractivity contribution in [3.05, 3.63) is 29.6 Å². The highest BCUT2D eigenvalue weighted by atomic mass is 16.5. The molecule has 1 rings (SSSR count). The standard InChI is InChI=1S/C10H9NO3/c1-14-7-3-5-9-8(10(12)13)4-2-6-11-9/h2,4,6H,7H2,1H3,(H,12,13). The van der Waals surface area contributed by atoms with Gasteiger partial charge in [0.25, 0.3) is 0 Å². The van der Waals surface area contributed by atoms with E-state index < -0.39 is 5.97 Å². The van der Waals surface area contributed by atoms with Gasteiger partial charge in [-0.3, -0.25) is 0 Å². The lowest BCUT2D eigenvalue weighted by molar-refractivity contribution is 0.0696. The first-order valence-corrected chi connectivity index (χ1v) is 3.92. The lowest BCUT2D eigenvalue weighted by atomic mass is 10.2. The molecule has 0 radical (unpaired) electrons. The third-order valence-electron chi connectivity index (χ3n) is 1.46. The molecule has 1 aromatic rings. The highest BCUT2D eigenvalue weighted by molar-refractivity contribution is 5.89. The van der Waals surface area contributed by atoms with Crippen molar-refractivity contribution in [3.63, 3.8) is 0 Å². The number of rotatable bonds is 2. The van der Waals surface area contributed by atoms with Crippen LogP contribution in [0.2, 0.25) is 0 Å². The maximum absolute atomic E-state index is 10.7. The van der Waals surface area contributed by atoms with Crippen molar-refractivity contribution >= 4 is 5.97 Å². The number of methoxy groups -OCH3 is 1. The van der Waals surface area contributed by atoms with Crippen LogP contribution in [0.1, 0.15) is 16.1 Å². The van der Waals surface area contributed by atoms with E-state index in [1.54, 1.807) is 6.07 Å². The number of aromatic nitrogens is 1. The Hall–Kier alpha value is -1.86. The Bertz CT molecular complexity index is 390. The van der Waals surface area contributed by atoms with Gasteiger partial charge >= 0.3 is 5.97 Å². The Morgan fingerprint density at radius 1 is 1.71 bits per heavy atom. The first-order chi connectivity index (χ1) is 6.75. The average Bonchev–Trinajstić information content (AvgIpc) is 2.19. The molecule has 0 unspecified atom stereocenters. The first kappa shape index (κ1) is 10.2. The summed E-state index contributed by atoms with van der Waals surface area (Å²) in [6, 6.07) is 3.02. The summed E-state index contributed by atoms with van der Waals surface area (Å²) in [6.45, 7) is 0.260. The van der Waals surface area contributed by atoms with Gasteiger partial charge in [-0.1, -0.05) is 5.92 Å². The van der Waals surface area contributed by atoms with Gasteiger partial charge in [0.1, 0.15) is 12.3 Å². The molecule has 72 valence electrons. The fourth-order valence-electron chi connectivity index (χ4n) is 0.869. The molecule has 0 fully saturated rings. The van der Waals surface area contributed by atoms with Crippen molar-refractivity contribution in [2.75, 3.05) is 13.7 Å². The fraction of sp³-hybridized carbons (Fsp3) is 0.200. The minimum absolute atomic E-state index is 0.108. The van der Waals surface area contributed by atoms with Crippen molar-refractivity contribution in [2.24, 2.45) is 0 Å². The van der Waals surface area contributed by atoms with Crippen LogP contribution in [0.4, 0.5) is 0 Å². The van der Waals surface area contributed by atoms with Crippen LogP contribution in [0.15, 0.2) is 18.3 Å². The highest BCUT2D eigenvalue weighted by Crippen LogP contribution is 2.02. The first-order valence-electron chi connectivity index (χ1n) is 3.92. The number of nitrogens with zero attached hydrogens (tertiary/aromatic N) is 1. The van der Waals surface area contributed by atoms with Gasteiger partial charge in [-0.2, -0.15) is 0 Å². The molecule has 0 aliphatic carbocycles. The number of hydrogen-bond acceptors (Lipinski definition) is 3. The molecule has 0 saturated carbocycles. The monoisotopic (exact) mass is 191 g/mol. The zero-order chi connectivity index (χ0) is 10.4. The van der Waals surface area contributed by atoms with E-state index in [1.165, 1.54) is 19.4 Å². The maximum Gasteiger partial charge on any atom is 0.338 e. The molecule has 0 amide bonds. The summed E-state index contributed by atoms with van der Waals surface area (Å²) in [5.41, 5.74) is 0.369. The Kier molecular flexibility index (Phi) is 3.65. The fourth-order valence-corrected chi connectivity index (χ4v) is 0.869. The normalized spacial score (nSPS) is 8.93. The summed E-state index contributed by atoms with van der Waals surface area (Å²) in [6.07, 6.45) is 1.50. The van der Waals surface area contributed by atoms with E-state index in [4.69, 9.17) is 9.84 Å². The molecule has 0 aromatic carbocycles. The predicted octanol–water partition coefficient (Wildman–Crippen LogP) is 0.778. The molecule has 1 aromatic heterocycles. The number of carboxylic acids is 1. The lowest BCUT2D eigenvalue weighted by Crippen LogP contribution is -2.01. The molecule has 0 bridgehead atoms. The van der Waals surface area contributed by atoms with Crippen LogP contribution in [0, 0.1) is 11.8 Å². The molecule has 1 N–H and O–H groups in total. The molecule has 1 heterocycles. The average molecular weight is 191 g/mol. The van der Waals surface area contributed by atoms with E-state index in [2.05, 4.69) is 16.8 Å². The number of hydrogen-bond donors (Lipinski definition) is 1. The zero-order valence-electron chi connectivity index (χ0n) is 7.65. The van der Waals surface area contributed by atoms with Gasteiger partial charge < -0.3 is 9.84 Å². The van der Waals surface area contributed by atoms with E-state index in [0.29, 0.717) is 0 Å². The second-order valence-corrected chi connectivity index (χ2v) is 2.44. The highest BCUT2D eigenvalue weighted by Gasteiger charge is 2.07. The van der Waals surface area contributed by atoms with Gasteiger partial charge in [-0.15, -0.1) is 0 Å². The number of carboxylic acid groups (broad SMARTS) is 1. The Balaban J connectivity index is 2.97. The Labute approximate surface area is 81.5 Å². The summed E-state index contributed by atoms with van der Waals surface area (Å²) < 4.78 is 4.72. The molecule has 0 saturated heterocycles. The van der Waals surface area contributed by atoms with Crippen LogP contribution in [0.25, 0.3) is 0 Å². The zero-order valence-corrected chi connectivity index (χ0v) is 7.65. The third kappa shape index (κ3) is 2.57. The van der Waals surface area contributed by atoms with Crippen molar-refractivity contribution < 1.29 is 14.6 Å². The Morgan fingerprint density at radius 3 is 3.14 bits per heavy atom. The number of pyridine rings is 1. The molecular weight excluding hydrogens is 182 g/mol. The van der Waals surface area contributed by atoms with Crippen LogP contribution in [0.5, 0.6) is 0 Å². The number of aromatic carboxylic acids is 1. The molecule has 4 heteroatoms. The van der Waals surface area contributed by atoms with Crippen molar-refractivity contribution in [3.8, 4) is 11.8 Å². The summed E-state index contributed by atoms with van der Waals surface area (Å²) >= 11 is 0. The van der Waals surface area contributed by atoms with E-state index in [1.807, 2.05) is 0 Å². The predicted molar refractivity (Wildman–Crippen MR) is 50.0 cm³/mol. The van der Waals surface area contributed by atoms with E-state index in [-0.39, 0.29) is 17.9 Å². The molecule has 14 heavy (non-hydrogen) atoms. The van der Waals surface area contributed by atoms with E-state index in [0.717, 1.165) is 0 Å². The van der Waals surface area contributed by atoms with Crippen LogP contribution < -0.4 is 0 Å². The second-order valence-electron chi connectivity index (χ2n) is 2.44. The molecular formula is C10H9NO3. The van der Waals surface area contributed by atoms with Crippen molar-refractivity contribution in [2.45, 2.75) is 0 Å². The van der Waals surface area contributed by atoms with Gasteiger partial charge in [0.15, 0.2) is 0 Å². The minimum Gasteiger partial charge on any atom is -0.478 e. The smallest absolute Gasteiger partial charge is 0.338 e. The summed E-state index contributed by atoms with van der Waals surface area (Å²) in [4.78, 5) is 14.6. The third-order valence-corrected chi connectivity index (χ3v) is 1.46.